The predicted molar refractivity (Wildman–Crippen MR) is 204 cm³/mol. The SMILES string of the molecule is COc1ccc(CN(Cc2ccc(OC)cc2)c2ncc(-c3nc(N4CCOCC4)nc4c3CCN4c3ccnc(C(=O)NC(C)(C)C)c3)cn2)cc1. The lowest BCUT2D eigenvalue weighted by molar-refractivity contribution is 0.0914. The van der Waals surface area contributed by atoms with E-state index in [0.29, 0.717) is 69.9 Å². The Morgan fingerprint density at radius 2 is 1.47 bits per heavy atom. The largest absolute Gasteiger partial charge is 0.497 e. The second kappa shape index (κ2) is 15.4. The van der Waals surface area contributed by atoms with Crippen molar-refractivity contribution in [3.05, 3.63) is 102 Å². The molecule has 1 amide bonds. The van der Waals surface area contributed by atoms with Gasteiger partial charge >= 0.3 is 0 Å². The van der Waals surface area contributed by atoms with Gasteiger partial charge in [-0.2, -0.15) is 4.98 Å². The number of carbonyl (C=O) groups excluding carboxylic acids is 1. The maximum Gasteiger partial charge on any atom is 0.270 e. The standard InChI is InChI=1S/C40H45N9O4/c1-40(2,3)46-37(50)34-22-30(14-16-41-34)49-17-15-33-35(44-39(45-36(33)49)47-18-20-53-21-19-47)29-23-42-38(43-24-29)48(25-27-6-10-31(51-4)11-7-27)26-28-8-12-32(52-5)13-9-28/h6-14,16,22-24H,15,17-21,25-26H2,1-5H3,(H,46,50). The van der Waals surface area contributed by atoms with Gasteiger partial charge in [-0.15, -0.1) is 0 Å². The molecule has 0 unspecified atom stereocenters. The zero-order valence-electron chi connectivity index (χ0n) is 30.9. The monoisotopic (exact) mass is 715 g/mol. The maximum absolute atomic E-state index is 13.0. The average molecular weight is 716 g/mol. The molecule has 0 spiro atoms. The minimum Gasteiger partial charge on any atom is -0.497 e. The molecule has 0 aliphatic carbocycles. The molecule has 0 bridgehead atoms. The molecule has 1 fully saturated rings. The number of nitrogens with one attached hydrogen (secondary N) is 1. The van der Waals surface area contributed by atoms with Crippen LogP contribution in [-0.2, 0) is 24.2 Å². The normalized spacial score (nSPS) is 14.1. The summed E-state index contributed by atoms with van der Waals surface area (Å²) in [4.78, 5) is 44.0. The maximum atomic E-state index is 13.0. The number of morpholine rings is 1. The molecule has 53 heavy (non-hydrogen) atoms. The number of rotatable bonds is 11. The van der Waals surface area contributed by atoms with E-state index in [1.165, 1.54) is 0 Å². The fourth-order valence-corrected chi connectivity index (χ4v) is 6.46. The first-order chi connectivity index (χ1) is 25.7. The fourth-order valence-electron chi connectivity index (χ4n) is 6.46. The van der Waals surface area contributed by atoms with Crippen molar-refractivity contribution in [1.29, 1.82) is 0 Å². The van der Waals surface area contributed by atoms with E-state index in [1.54, 1.807) is 20.4 Å². The number of ether oxygens (including phenoxy) is 3. The number of amides is 1. The summed E-state index contributed by atoms with van der Waals surface area (Å²) in [6.07, 6.45) is 6.09. The van der Waals surface area contributed by atoms with Crippen molar-refractivity contribution >= 4 is 29.3 Å². The van der Waals surface area contributed by atoms with E-state index in [9.17, 15) is 4.79 Å². The van der Waals surface area contributed by atoms with Gasteiger partial charge in [0.2, 0.25) is 11.9 Å². The summed E-state index contributed by atoms with van der Waals surface area (Å²) in [5.74, 6) is 3.41. The first kappa shape index (κ1) is 35.6. The van der Waals surface area contributed by atoms with Crippen molar-refractivity contribution in [3.8, 4) is 22.8 Å². The van der Waals surface area contributed by atoms with E-state index in [1.807, 2.05) is 69.6 Å². The Morgan fingerprint density at radius 1 is 0.849 bits per heavy atom. The topological polar surface area (TPSA) is 131 Å². The molecule has 1 saturated heterocycles. The van der Waals surface area contributed by atoms with Crippen LogP contribution in [0.5, 0.6) is 11.5 Å². The Kier molecular flexibility index (Phi) is 10.4. The Hall–Kier alpha value is -5.82. The van der Waals surface area contributed by atoms with Crippen LogP contribution >= 0.6 is 0 Å². The minimum atomic E-state index is -0.385. The molecule has 7 rings (SSSR count). The number of nitrogens with zero attached hydrogens (tertiary/aromatic N) is 8. The van der Waals surface area contributed by atoms with Gasteiger partial charge in [0, 0.05) is 73.7 Å². The number of carbonyl (C=O) groups is 1. The van der Waals surface area contributed by atoms with Crippen molar-refractivity contribution < 1.29 is 19.0 Å². The third-order valence-corrected chi connectivity index (χ3v) is 9.14. The zero-order chi connectivity index (χ0) is 37.0. The van der Waals surface area contributed by atoms with Gasteiger partial charge in [-0.1, -0.05) is 24.3 Å². The molecule has 1 N–H and O–H groups in total. The van der Waals surface area contributed by atoms with E-state index in [-0.39, 0.29) is 11.4 Å². The predicted octanol–water partition coefficient (Wildman–Crippen LogP) is 5.61. The lowest BCUT2D eigenvalue weighted by Crippen LogP contribution is -2.41. The number of pyridine rings is 1. The van der Waals surface area contributed by atoms with Crippen LogP contribution in [0.15, 0.2) is 79.3 Å². The average Bonchev–Trinajstić information content (AvgIpc) is 3.62. The molecule has 274 valence electrons. The molecular weight excluding hydrogens is 670 g/mol. The molecule has 13 heteroatoms. The summed E-state index contributed by atoms with van der Waals surface area (Å²) < 4.78 is 16.4. The quantitative estimate of drug-likeness (QED) is 0.182. The summed E-state index contributed by atoms with van der Waals surface area (Å²) in [5.41, 5.74) is 5.62. The second-order valence-corrected chi connectivity index (χ2v) is 14.1. The first-order valence-corrected chi connectivity index (χ1v) is 17.8. The van der Waals surface area contributed by atoms with Crippen molar-refractivity contribution in [2.45, 2.75) is 45.8 Å². The summed E-state index contributed by atoms with van der Waals surface area (Å²) >= 11 is 0. The molecule has 5 heterocycles. The van der Waals surface area contributed by atoms with Gasteiger partial charge in [0.1, 0.15) is 23.0 Å². The highest BCUT2D eigenvalue weighted by Gasteiger charge is 2.30. The number of methoxy groups -OCH3 is 2. The number of anilines is 4. The van der Waals surface area contributed by atoms with E-state index in [0.717, 1.165) is 51.0 Å². The Bertz CT molecular complexity index is 1980. The molecule has 2 aliphatic rings. The van der Waals surface area contributed by atoms with Crippen molar-refractivity contribution in [2.75, 3.05) is 61.8 Å². The fraction of sp³-hybridized carbons (Fsp3) is 0.350. The van der Waals surface area contributed by atoms with Gasteiger partial charge in [0.15, 0.2) is 0 Å². The van der Waals surface area contributed by atoms with Gasteiger partial charge in [-0.05, 0) is 74.7 Å². The third-order valence-electron chi connectivity index (χ3n) is 9.14. The molecule has 2 aromatic carbocycles. The Morgan fingerprint density at radius 3 is 2.06 bits per heavy atom. The van der Waals surface area contributed by atoms with Crippen molar-refractivity contribution in [1.82, 2.24) is 30.2 Å². The van der Waals surface area contributed by atoms with Crippen molar-refractivity contribution in [2.24, 2.45) is 0 Å². The number of aromatic nitrogens is 5. The first-order valence-electron chi connectivity index (χ1n) is 17.8. The van der Waals surface area contributed by atoms with Crippen LogP contribution in [0.1, 0.15) is 48.0 Å². The van der Waals surface area contributed by atoms with Crippen LogP contribution in [-0.4, -0.2) is 83.4 Å². The summed E-state index contributed by atoms with van der Waals surface area (Å²) in [7, 11) is 3.33. The molecule has 3 aromatic heterocycles. The van der Waals surface area contributed by atoms with E-state index in [2.05, 4.69) is 49.3 Å². The highest BCUT2D eigenvalue weighted by atomic mass is 16.5. The second-order valence-electron chi connectivity index (χ2n) is 14.1. The van der Waals surface area contributed by atoms with Gasteiger partial charge in [-0.25, -0.2) is 15.0 Å². The summed E-state index contributed by atoms with van der Waals surface area (Å²) in [6, 6.07) is 19.8. The lowest BCUT2D eigenvalue weighted by Gasteiger charge is -2.28. The number of fused-ring (bicyclic) bond motifs is 1. The molecule has 13 nitrogen and oxygen atoms in total. The lowest BCUT2D eigenvalue weighted by atomic mass is 10.1. The van der Waals surface area contributed by atoms with Gasteiger partial charge in [0.25, 0.3) is 5.91 Å². The molecular formula is C40H45N9O4. The zero-order valence-corrected chi connectivity index (χ0v) is 30.9. The third kappa shape index (κ3) is 8.30. The molecule has 0 atom stereocenters. The molecule has 0 radical (unpaired) electrons. The summed E-state index contributed by atoms with van der Waals surface area (Å²) in [5, 5.41) is 3.01. The van der Waals surface area contributed by atoms with Crippen molar-refractivity contribution in [3.63, 3.8) is 0 Å². The van der Waals surface area contributed by atoms with Gasteiger partial charge < -0.3 is 34.2 Å². The minimum absolute atomic E-state index is 0.221. The van der Waals surface area contributed by atoms with Crippen LogP contribution < -0.4 is 29.5 Å². The van der Waals surface area contributed by atoms with Crippen LogP contribution in [0.4, 0.5) is 23.4 Å². The highest BCUT2D eigenvalue weighted by molar-refractivity contribution is 5.94. The highest BCUT2D eigenvalue weighted by Crippen LogP contribution is 2.39. The Balaban J connectivity index is 1.23. The van der Waals surface area contributed by atoms with Gasteiger partial charge in [-0.3, -0.25) is 9.78 Å². The van der Waals surface area contributed by atoms with Crippen LogP contribution in [0.25, 0.3) is 11.3 Å². The molecule has 0 saturated carbocycles. The summed E-state index contributed by atoms with van der Waals surface area (Å²) in [6.45, 7) is 10.3. The van der Waals surface area contributed by atoms with E-state index in [4.69, 9.17) is 34.1 Å². The van der Waals surface area contributed by atoms with Crippen LogP contribution in [0.2, 0.25) is 0 Å². The number of hydrogen-bond donors (Lipinski definition) is 1. The van der Waals surface area contributed by atoms with E-state index >= 15 is 0 Å². The number of hydrogen-bond acceptors (Lipinski definition) is 12. The van der Waals surface area contributed by atoms with Gasteiger partial charge in [0.05, 0.1) is 33.1 Å². The Labute approximate surface area is 310 Å². The molecule has 2 aliphatic heterocycles. The van der Waals surface area contributed by atoms with Crippen LogP contribution in [0, 0.1) is 0 Å². The van der Waals surface area contributed by atoms with E-state index < -0.39 is 0 Å². The number of benzene rings is 2. The smallest absolute Gasteiger partial charge is 0.270 e. The molecule has 5 aromatic rings. The van der Waals surface area contributed by atoms with Crippen LogP contribution in [0.3, 0.4) is 0 Å².